The van der Waals surface area contributed by atoms with Crippen LogP contribution in [0.4, 0.5) is 14.5 Å². The molecule has 0 fully saturated rings. The summed E-state index contributed by atoms with van der Waals surface area (Å²) in [5, 5.41) is 3.20. The standard InChI is InChI=1S/C15H9Cl2F2NO/c16-11-2-1-3-12(17)10(11)5-7-15(21)20-9-4-6-13(18)14(19)8-9/h1-8H,(H,20,21)/b7-5+. The molecule has 0 unspecified atom stereocenters. The van der Waals surface area contributed by atoms with Crippen molar-refractivity contribution in [2.24, 2.45) is 0 Å². The van der Waals surface area contributed by atoms with E-state index in [0.717, 1.165) is 12.1 Å². The summed E-state index contributed by atoms with van der Waals surface area (Å²) in [4.78, 5) is 11.7. The highest BCUT2D eigenvalue weighted by Gasteiger charge is 2.05. The third-order valence-corrected chi connectivity index (χ3v) is 3.25. The summed E-state index contributed by atoms with van der Waals surface area (Å²) in [5.41, 5.74) is 0.648. The zero-order valence-electron chi connectivity index (χ0n) is 10.5. The molecule has 0 aliphatic rings. The number of rotatable bonds is 3. The minimum absolute atomic E-state index is 0.147. The molecule has 0 aliphatic heterocycles. The summed E-state index contributed by atoms with van der Waals surface area (Å²) < 4.78 is 25.8. The normalized spacial score (nSPS) is 10.9. The molecule has 0 radical (unpaired) electrons. The minimum Gasteiger partial charge on any atom is -0.322 e. The second-order valence-electron chi connectivity index (χ2n) is 4.09. The molecular formula is C15H9Cl2F2NO. The van der Waals surface area contributed by atoms with Gasteiger partial charge >= 0.3 is 0 Å². The number of benzene rings is 2. The van der Waals surface area contributed by atoms with Crippen molar-refractivity contribution in [1.29, 1.82) is 0 Å². The van der Waals surface area contributed by atoms with Gasteiger partial charge in [0.25, 0.3) is 0 Å². The first-order chi connectivity index (χ1) is 9.97. The average Bonchev–Trinajstić information content (AvgIpc) is 2.42. The highest BCUT2D eigenvalue weighted by molar-refractivity contribution is 6.37. The number of nitrogens with one attached hydrogen (secondary N) is 1. The number of amides is 1. The molecule has 2 aromatic rings. The van der Waals surface area contributed by atoms with Crippen molar-refractivity contribution in [3.63, 3.8) is 0 Å². The van der Waals surface area contributed by atoms with E-state index >= 15 is 0 Å². The number of carbonyl (C=O) groups excluding carboxylic acids is 1. The van der Waals surface area contributed by atoms with Crippen LogP contribution in [0.15, 0.2) is 42.5 Å². The maximum Gasteiger partial charge on any atom is 0.248 e. The topological polar surface area (TPSA) is 29.1 Å². The molecule has 21 heavy (non-hydrogen) atoms. The molecule has 0 aliphatic carbocycles. The predicted octanol–water partition coefficient (Wildman–Crippen LogP) is 4.92. The lowest BCUT2D eigenvalue weighted by Gasteiger charge is -2.03. The third kappa shape index (κ3) is 4.03. The molecule has 0 atom stereocenters. The second kappa shape index (κ2) is 6.70. The fourth-order valence-electron chi connectivity index (χ4n) is 1.59. The van der Waals surface area contributed by atoms with E-state index in [1.807, 2.05) is 0 Å². The van der Waals surface area contributed by atoms with Crippen LogP contribution in [0, 0.1) is 11.6 Å². The number of hydrogen-bond acceptors (Lipinski definition) is 1. The van der Waals surface area contributed by atoms with E-state index in [9.17, 15) is 13.6 Å². The van der Waals surface area contributed by atoms with Gasteiger partial charge in [-0.05, 0) is 30.3 Å². The molecule has 1 amide bonds. The van der Waals surface area contributed by atoms with E-state index in [2.05, 4.69) is 5.32 Å². The first kappa shape index (κ1) is 15.5. The van der Waals surface area contributed by atoms with Crippen LogP contribution in [-0.4, -0.2) is 5.91 Å². The zero-order valence-corrected chi connectivity index (χ0v) is 12.1. The minimum atomic E-state index is -1.04. The van der Waals surface area contributed by atoms with Crippen molar-refractivity contribution in [3.8, 4) is 0 Å². The van der Waals surface area contributed by atoms with Crippen LogP contribution in [0.2, 0.25) is 10.0 Å². The van der Waals surface area contributed by atoms with Gasteiger partial charge < -0.3 is 5.32 Å². The molecule has 0 spiro atoms. The lowest BCUT2D eigenvalue weighted by Crippen LogP contribution is -2.08. The lowest BCUT2D eigenvalue weighted by atomic mass is 10.2. The molecule has 0 heterocycles. The molecule has 6 heteroatoms. The molecular weight excluding hydrogens is 319 g/mol. The van der Waals surface area contributed by atoms with Crippen LogP contribution in [0.25, 0.3) is 6.08 Å². The number of halogens is 4. The summed E-state index contributed by atoms with van der Waals surface area (Å²) >= 11 is 11.9. The van der Waals surface area contributed by atoms with E-state index in [0.29, 0.717) is 15.6 Å². The van der Waals surface area contributed by atoms with E-state index in [4.69, 9.17) is 23.2 Å². The van der Waals surface area contributed by atoms with Crippen LogP contribution in [0.3, 0.4) is 0 Å². The Morgan fingerprint density at radius 3 is 2.33 bits per heavy atom. The van der Waals surface area contributed by atoms with Gasteiger partial charge in [0, 0.05) is 33.4 Å². The summed E-state index contributed by atoms with van der Waals surface area (Å²) in [6, 6.07) is 8.04. The Morgan fingerprint density at radius 1 is 1.05 bits per heavy atom. The molecule has 0 saturated carbocycles. The third-order valence-electron chi connectivity index (χ3n) is 2.59. The van der Waals surface area contributed by atoms with E-state index < -0.39 is 17.5 Å². The van der Waals surface area contributed by atoms with E-state index in [1.165, 1.54) is 18.2 Å². The summed E-state index contributed by atoms with van der Waals surface area (Å²) in [7, 11) is 0. The van der Waals surface area contributed by atoms with Gasteiger partial charge in [-0.15, -0.1) is 0 Å². The second-order valence-corrected chi connectivity index (χ2v) is 4.90. The van der Waals surface area contributed by atoms with Gasteiger partial charge in [0.1, 0.15) is 0 Å². The van der Waals surface area contributed by atoms with Crippen molar-refractivity contribution in [1.82, 2.24) is 0 Å². The van der Waals surface area contributed by atoms with Gasteiger partial charge in [-0.25, -0.2) is 8.78 Å². The van der Waals surface area contributed by atoms with Crippen molar-refractivity contribution < 1.29 is 13.6 Å². The van der Waals surface area contributed by atoms with E-state index in [-0.39, 0.29) is 5.69 Å². The quantitative estimate of drug-likeness (QED) is 0.796. The maximum absolute atomic E-state index is 13.0. The molecule has 2 rings (SSSR count). The first-order valence-corrected chi connectivity index (χ1v) is 6.61. The van der Waals surface area contributed by atoms with Gasteiger partial charge in [0.05, 0.1) is 0 Å². The Balaban J connectivity index is 2.11. The largest absolute Gasteiger partial charge is 0.322 e. The van der Waals surface area contributed by atoms with Gasteiger partial charge in [-0.3, -0.25) is 4.79 Å². The summed E-state index contributed by atoms with van der Waals surface area (Å²) in [6.45, 7) is 0. The number of anilines is 1. The maximum atomic E-state index is 13.0. The molecule has 1 N–H and O–H groups in total. The fraction of sp³-hybridized carbons (Fsp3) is 0. The Bertz CT molecular complexity index is 697. The van der Waals surface area contributed by atoms with Crippen LogP contribution in [0.5, 0.6) is 0 Å². The lowest BCUT2D eigenvalue weighted by molar-refractivity contribution is -0.111. The van der Waals surface area contributed by atoms with Gasteiger partial charge in [-0.2, -0.15) is 0 Å². The number of carbonyl (C=O) groups is 1. The fourth-order valence-corrected chi connectivity index (χ4v) is 2.11. The Labute approximate surface area is 130 Å². The molecule has 0 saturated heterocycles. The van der Waals surface area contributed by atoms with Crippen molar-refractivity contribution in [2.75, 3.05) is 5.32 Å². The van der Waals surface area contributed by atoms with Crippen molar-refractivity contribution >= 4 is 40.9 Å². The average molecular weight is 328 g/mol. The summed E-state index contributed by atoms with van der Waals surface area (Å²) in [6.07, 6.45) is 2.65. The van der Waals surface area contributed by atoms with Gasteiger partial charge in [0.15, 0.2) is 11.6 Å². The van der Waals surface area contributed by atoms with Gasteiger partial charge in [-0.1, -0.05) is 29.3 Å². The van der Waals surface area contributed by atoms with Crippen LogP contribution >= 0.6 is 23.2 Å². The van der Waals surface area contributed by atoms with Gasteiger partial charge in [0.2, 0.25) is 5.91 Å². The van der Waals surface area contributed by atoms with Crippen molar-refractivity contribution in [2.45, 2.75) is 0 Å². The first-order valence-electron chi connectivity index (χ1n) is 5.85. The number of hydrogen-bond donors (Lipinski definition) is 1. The highest BCUT2D eigenvalue weighted by Crippen LogP contribution is 2.25. The molecule has 0 bridgehead atoms. The Kier molecular flexibility index (Phi) is 4.94. The van der Waals surface area contributed by atoms with E-state index in [1.54, 1.807) is 18.2 Å². The Hall–Kier alpha value is -1.91. The van der Waals surface area contributed by atoms with Crippen molar-refractivity contribution in [3.05, 3.63) is 69.7 Å². The highest BCUT2D eigenvalue weighted by atomic mass is 35.5. The molecule has 108 valence electrons. The van der Waals surface area contributed by atoms with Crippen LogP contribution in [-0.2, 0) is 4.79 Å². The van der Waals surface area contributed by atoms with Crippen LogP contribution in [0.1, 0.15) is 5.56 Å². The molecule has 0 aromatic heterocycles. The monoisotopic (exact) mass is 327 g/mol. The molecule has 2 nitrogen and oxygen atoms in total. The summed E-state index contributed by atoms with van der Waals surface area (Å²) in [5.74, 6) is -2.53. The van der Waals surface area contributed by atoms with Crippen LogP contribution < -0.4 is 5.32 Å². The Morgan fingerprint density at radius 2 is 1.71 bits per heavy atom. The smallest absolute Gasteiger partial charge is 0.248 e. The zero-order chi connectivity index (χ0) is 15.4. The predicted molar refractivity (Wildman–Crippen MR) is 80.5 cm³/mol. The molecule has 2 aromatic carbocycles. The SMILES string of the molecule is O=C(/C=C/c1c(Cl)cccc1Cl)Nc1ccc(F)c(F)c1.